The Morgan fingerprint density at radius 1 is 1.42 bits per heavy atom. The van der Waals surface area contributed by atoms with E-state index in [4.69, 9.17) is 5.73 Å². The first-order valence-electron chi connectivity index (χ1n) is 6.27. The SMILES string of the molecule is Cc1cccc2nc(N)n(CC(C)c3nccs3)c12. The van der Waals surface area contributed by atoms with E-state index in [1.165, 1.54) is 5.56 Å². The number of nitrogen functional groups attached to an aromatic ring is 1. The second-order valence-electron chi connectivity index (χ2n) is 4.79. The molecule has 0 bridgehead atoms. The van der Waals surface area contributed by atoms with E-state index in [-0.39, 0.29) is 0 Å². The van der Waals surface area contributed by atoms with Crippen LogP contribution in [0.1, 0.15) is 23.4 Å². The molecule has 0 spiro atoms. The van der Waals surface area contributed by atoms with Gasteiger partial charge in [-0.25, -0.2) is 9.97 Å². The molecule has 0 saturated heterocycles. The van der Waals surface area contributed by atoms with E-state index in [1.54, 1.807) is 11.3 Å². The fraction of sp³-hybridized carbons (Fsp3) is 0.286. The highest BCUT2D eigenvalue weighted by Crippen LogP contribution is 2.26. The number of fused-ring (bicyclic) bond motifs is 1. The van der Waals surface area contributed by atoms with Gasteiger partial charge in [-0.05, 0) is 18.6 Å². The van der Waals surface area contributed by atoms with Gasteiger partial charge in [0, 0.05) is 24.0 Å². The van der Waals surface area contributed by atoms with E-state index in [1.807, 2.05) is 23.7 Å². The first-order valence-corrected chi connectivity index (χ1v) is 7.15. The molecule has 3 aromatic rings. The summed E-state index contributed by atoms with van der Waals surface area (Å²) in [5, 5.41) is 3.14. The molecule has 2 aromatic heterocycles. The van der Waals surface area contributed by atoms with E-state index < -0.39 is 0 Å². The number of thiazole rings is 1. The van der Waals surface area contributed by atoms with Crippen LogP contribution in [0.25, 0.3) is 11.0 Å². The van der Waals surface area contributed by atoms with Crippen LogP contribution in [0.4, 0.5) is 5.95 Å². The number of aromatic nitrogens is 3. The summed E-state index contributed by atoms with van der Waals surface area (Å²) in [6.07, 6.45) is 1.84. The molecule has 19 heavy (non-hydrogen) atoms. The first-order chi connectivity index (χ1) is 9.16. The maximum Gasteiger partial charge on any atom is 0.201 e. The third-order valence-corrected chi connectivity index (χ3v) is 4.33. The quantitative estimate of drug-likeness (QED) is 0.796. The maximum atomic E-state index is 6.06. The van der Waals surface area contributed by atoms with Crippen molar-refractivity contribution in [2.24, 2.45) is 0 Å². The molecule has 2 heterocycles. The molecule has 5 heteroatoms. The van der Waals surface area contributed by atoms with Crippen LogP contribution in [0.5, 0.6) is 0 Å². The summed E-state index contributed by atoms with van der Waals surface area (Å²) in [6, 6.07) is 6.11. The van der Waals surface area contributed by atoms with E-state index in [9.17, 15) is 0 Å². The Hall–Kier alpha value is -1.88. The minimum Gasteiger partial charge on any atom is -0.369 e. The molecule has 0 amide bonds. The van der Waals surface area contributed by atoms with Gasteiger partial charge in [-0.1, -0.05) is 19.1 Å². The minimum atomic E-state index is 0.333. The fourth-order valence-electron chi connectivity index (χ4n) is 2.40. The highest BCUT2D eigenvalue weighted by molar-refractivity contribution is 7.09. The molecule has 1 aromatic carbocycles. The number of imidazole rings is 1. The van der Waals surface area contributed by atoms with Gasteiger partial charge in [0.05, 0.1) is 16.0 Å². The van der Waals surface area contributed by atoms with E-state index in [0.29, 0.717) is 11.9 Å². The molecule has 98 valence electrons. The van der Waals surface area contributed by atoms with Crippen LogP contribution in [0, 0.1) is 6.92 Å². The fourth-order valence-corrected chi connectivity index (χ4v) is 3.09. The molecule has 0 aliphatic heterocycles. The highest BCUT2D eigenvalue weighted by atomic mass is 32.1. The maximum absolute atomic E-state index is 6.06. The Balaban J connectivity index is 2.03. The number of aryl methyl sites for hydroxylation is 1. The van der Waals surface area contributed by atoms with E-state index >= 15 is 0 Å². The zero-order chi connectivity index (χ0) is 13.4. The molecule has 0 fully saturated rings. The molecule has 0 saturated carbocycles. The van der Waals surface area contributed by atoms with Crippen molar-refractivity contribution < 1.29 is 0 Å². The van der Waals surface area contributed by atoms with Gasteiger partial charge in [0.1, 0.15) is 0 Å². The number of benzene rings is 1. The summed E-state index contributed by atoms with van der Waals surface area (Å²) < 4.78 is 2.09. The van der Waals surface area contributed by atoms with Crippen molar-refractivity contribution in [1.82, 2.24) is 14.5 Å². The lowest BCUT2D eigenvalue weighted by Gasteiger charge is -2.12. The standard InChI is InChI=1S/C14H16N4S/c1-9-4-3-5-11-12(9)18(14(15)17-11)8-10(2)13-16-6-7-19-13/h3-7,10H,8H2,1-2H3,(H2,15,17). The molecule has 0 aliphatic carbocycles. The molecule has 4 nitrogen and oxygen atoms in total. The number of nitrogens with two attached hydrogens (primary N) is 1. The van der Waals surface area contributed by atoms with Crippen LogP contribution in [0.3, 0.4) is 0 Å². The highest BCUT2D eigenvalue weighted by Gasteiger charge is 2.15. The van der Waals surface area contributed by atoms with Gasteiger partial charge in [-0.3, -0.25) is 0 Å². The van der Waals surface area contributed by atoms with Gasteiger partial charge in [-0.15, -0.1) is 11.3 Å². The lowest BCUT2D eigenvalue weighted by molar-refractivity contribution is 0.613. The number of para-hydroxylation sites is 1. The Kier molecular flexibility index (Phi) is 2.98. The number of hydrogen-bond donors (Lipinski definition) is 1. The van der Waals surface area contributed by atoms with Crippen molar-refractivity contribution in [1.29, 1.82) is 0 Å². The van der Waals surface area contributed by atoms with Gasteiger partial charge in [0.25, 0.3) is 0 Å². The van der Waals surface area contributed by atoms with Crippen molar-refractivity contribution >= 4 is 28.3 Å². The Morgan fingerprint density at radius 2 is 2.26 bits per heavy atom. The van der Waals surface area contributed by atoms with Crippen LogP contribution in [0.2, 0.25) is 0 Å². The van der Waals surface area contributed by atoms with Crippen molar-refractivity contribution in [2.75, 3.05) is 5.73 Å². The predicted molar refractivity (Wildman–Crippen MR) is 79.4 cm³/mol. The van der Waals surface area contributed by atoms with Crippen molar-refractivity contribution in [3.05, 3.63) is 40.3 Å². The average Bonchev–Trinajstić information content (AvgIpc) is 2.99. The smallest absolute Gasteiger partial charge is 0.201 e. The summed E-state index contributed by atoms with van der Waals surface area (Å²) >= 11 is 1.68. The summed E-state index contributed by atoms with van der Waals surface area (Å²) in [6.45, 7) is 5.07. The van der Waals surface area contributed by atoms with Crippen LogP contribution in [0.15, 0.2) is 29.8 Å². The van der Waals surface area contributed by atoms with Gasteiger partial charge in [0.15, 0.2) is 0 Å². The van der Waals surface area contributed by atoms with Crippen molar-refractivity contribution in [3.63, 3.8) is 0 Å². The number of rotatable bonds is 3. The second kappa shape index (κ2) is 4.66. The topological polar surface area (TPSA) is 56.7 Å². The van der Waals surface area contributed by atoms with Gasteiger partial charge in [0.2, 0.25) is 5.95 Å². The summed E-state index contributed by atoms with van der Waals surface area (Å²) in [7, 11) is 0. The van der Waals surface area contributed by atoms with Gasteiger partial charge in [-0.2, -0.15) is 0 Å². The van der Waals surface area contributed by atoms with Crippen molar-refractivity contribution in [3.8, 4) is 0 Å². The van der Waals surface area contributed by atoms with Crippen LogP contribution >= 0.6 is 11.3 Å². The normalized spacial score (nSPS) is 12.9. The lowest BCUT2D eigenvalue weighted by Crippen LogP contribution is -2.09. The molecule has 1 unspecified atom stereocenters. The number of anilines is 1. The largest absolute Gasteiger partial charge is 0.369 e. The Morgan fingerprint density at radius 3 is 3.00 bits per heavy atom. The van der Waals surface area contributed by atoms with Crippen LogP contribution in [-0.2, 0) is 6.54 Å². The molecular formula is C14H16N4S. The molecular weight excluding hydrogens is 256 g/mol. The molecule has 0 aliphatic rings. The first kappa shape index (κ1) is 12.2. The second-order valence-corrected chi connectivity index (χ2v) is 5.72. The third kappa shape index (κ3) is 2.10. The predicted octanol–water partition coefficient (Wildman–Crippen LogP) is 3.19. The van der Waals surface area contributed by atoms with E-state index in [2.05, 4.69) is 34.4 Å². The average molecular weight is 272 g/mol. The molecule has 0 radical (unpaired) electrons. The molecule has 2 N–H and O–H groups in total. The minimum absolute atomic E-state index is 0.333. The summed E-state index contributed by atoms with van der Waals surface area (Å²) in [5.74, 6) is 0.909. The summed E-state index contributed by atoms with van der Waals surface area (Å²) in [5.41, 5.74) is 9.35. The summed E-state index contributed by atoms with van der Waals surface area (Å²) in [4.78, 5) is 8.80. The zero-order valence-corrected chi connectivity index (χ0v) is 11.8. The third-order valence-electron chi connectivity index (χ3n) is 3.33. The van der Waals surface area contributed by atoms with Gasteiger partial charge >= 0.3 is 0 Å². The number of nitrogens with zero attached hydrogens (tertiary/aromatic N) is 3. The number of hydrogen-bond acceptors (Lipinski definition) is 4. The van der Waals surface area contributed by atoms with Crippen molar-refractivity contribution in [2.45, 2.75) is 26.3 Å². The lowest BCUT2D eigenvalue weighted by atomic mass is 10.1. The Bertz CT molecular complexity index is 700. The van der Waals surface area contributed by atoms with Gasteiger partial charge < -0.3 is 10.3 Å². The monoisotopic (exact) mass is 272 g/mol. The zero-order valence-electron chi connectivity index (χ0n) is 11.0. The molecule has 1 atom stereocenters. The Labute approximate surface area is 115 Å². The van der Waals surface area contributed by atoms with Crippen LogP contribution < -0.4 is 5.73 Å². The van der Waals surface area contributed by atoms with Crippen LogP contribution in [-0.4, -0.2) is 14.5 Å². The van der Waals surface area contributed by atoms with E-state index in [0.717, 1.165) is 22.6 Å². The molecule has 3 rings (SSSR count).